The molecule has 2 aliphatic rings. The minimum Gasteiger partial charge on any atom is -0.512 e. The molecule has 5 atom stereocenters. The van der Waals surface area contributed by atoms with E-state index in [0.29, 0.717) is 12.8 Å². The summed E-state index contributed by atoms with van der Waals surface area (Å²) in [5.74, 6) is 0.383. The van der Waals surface area contributed by atoms with Crippen molar-refractivity contribution < 1.29 is 19.0 Å². The molecule has 0 spiro atoms. The number of rotatable bonds is 6. The third-order valence-electron chi connectivity index (χ3n) is 4.64. The smallest absolute Gasteiger partial charge is 0.306 e. The van der Waals surface area contributed by atoms with Crippen LogP contribution in [-0.4, -0.2) is 23.4 Å². The van der Waals surface area contributed by atoms with Crippen molar-refractivity contribution in [3.63, 3.8) is 0 Å². The third kappa shape index (κ3) is 3.33. The van der Waals surface area contributed by atoms with Crippen LogP contribution in [-0.2, 0) is 9.53 Å². The Morgan fingerprint density at radius 3 is 3.05 bits per heavy atom. The minimum absolute atomic E-state index is 0.0511. The lowest BCUT2D eigenvalue weighted by atomic mass is 9.86. The molecule has 0 aromatic carbocycles. The summed E-state index contributed by atoms with van der Waals surface area (Å²) < 4.78 is 18.9. The highest BCUT2D eigenvalue weighted by Gasteiger charge is 2.49. The molecule has 2 fully saturated rings. The molecule has 1 aliphatic carbocycles. The molecule has 0 aromatic rings. The number of carbonyl (C=O) groups excluding carboxylic acids is 1. The van der Waals surface area contributed by atoms with Crippen LogP contribution in [0.4, 0.5) is 4.39 Å². The summed E-state index contributed by atoms with van der Waals surface area (Å²) in [6, 6.07) is 0. The van der Waals surface area contributed by atoms with Crippen molar-refractivity contribution in [2.45, 2.75) is 64.6 Å². The second-order valence-electron chi connectivity index (χ2n) is 6.24. The molecule has 4 heteroatoms. The van der Waals surface area contributed by atoms with E-state index in [-0.39, 0.29) is 42.0 Å². The van der Waals surface area contributed by atoms with E-state index in [1.54, 1.807) is 6.08 Å². The number of aliphatic hydroxyl groups excluding tert-OH is 1. The molecule has 0 radical (unpaired) electrons. The molecule has 1 aliphatic heterocycles. The van der Waals surface area contributed by atoms with Gasteiger partial charge in [0.2, 0.25) is 0 Å². The molecule has 1 saturated heterocycles. The van der Waals surface area contributed by atoms with E-state index < -0.39 is 6.17 Å². The highest BCUT2D eigenvalue weighted by Crippen LogP contribution is 2.47. The van der Waals surface area contributed by atoms with Gasteiger partial charge in [0.1, 0.15) is 12.3 Å². The molecule has 114 valence electrons. The Morgan fingerprint density at radius 1 is 1.60 bits per heavy atom. The number of aliphatic hydroxyl groups is 1. The fourth-order valence-electron chi connectivity index (χ4n) is 3.58. The summed E-state index contributed by atoms with van der Waals surface area (Å²) in [7, 11) is 0. The number of ether oxygens (including phenoxy) is 1. The molecule has 20 heavy (non-hydrogen) atoms. The van der Waals surface area contributed by atoms with Gasteiger partial charge in [-0.3, -0.25) is 4.79 Å². The molecule has 0 aromatic heterocycles. The first-order chi connectivity index (χ1) is 9.52. The van der Waals surface area contributed by atoms with E-state index in [0.717, 1.165) is 19.3 Å². The van der Waals surface area contributed by atoms with Crippen LogP contribution in [0.5, 0.6) is 0 Å². The minimum atomic E-state index is -0.883. The average Bonchev–Trinajstić information content (AvgIpc) is 2.87. The summed E-state index contributed by atoms with van der Waals surface area (Å²) in [6.07, 6.45) is 4.54. The Balaban J connectivity index is 1.93. The second kappa shape index (κ2) is 6.59. The van der Waals surface area contributed by atoms with E-state index in [1.165, 1.54) is 0 Å². The number of fused-ring (bicyclic) bond motifs is 1. The number of carbonyl (C=O) groups is 1. The predicted octanol–water partition coefficient (Wildman–Crippen LogP) is 3.93. The van der Waals surface area contributed by atoms with Gasteiger partial charge in [0.15, 0.2) is 0 Å². The Bertz CT molecular complexity index is 380. The first-order valence-electron chi connectivity index (χ1n) is 7.75. The van der Waals surface area contributed by atoms with Gasteiger partial charge in [-0.05, 0) is 24.8 Å². The third-order valence-corrected chi connectivity index (χ3v) is 4.64. The zero-order chi connectivity index (χ0) is 14.7. The number of hydrogen-bond acceptors (Lipinski definition) is 3. The van der Waals surface area contributed by atoms with Crippen LogP contribution in [0.3, 0.4) is 0 Å². The van der Waals surface area contributed by atoms with E-state index in [9.17, 15) is 14.3 Å². The largest absolute Gasteiger partial charge is 0.512 e. The van der Waals surface area contributed by atoms with E-state index >= 15 is 0 Å². The molecule has 1 heterocycles. The van der Waals surface area contributed by atoms with Crippen LogP contribution in [0.15, 0.2) is 11.8 Å². The van der Waals surface area contributed by atoms with Gasteiger partial charge >= 0.3 is 5.97 Å². The number of unbranched alkanes of at least 4 members (excludes halogenated alkanes) is 1. The summed E-state index contributed by atoms with van der Waals surface area (Å²) >= 11 is 0. The number of halogens is 1. The predicted molar refractivity (Wildman–Crippen MR) is 75.0 cm³/mol. The summed E-state index contributed by atoms with van der Waals surface area (Å²) in [6.45, 7) is 4.10. The average molecular weight is 284 g/mol. The number of allylic oxidation sites excluding steroid dienone is 2. The Morgan fingerprint density at radius 2 is 2.35 bits per heavy atom. The molecule has 0 amide bonds. The molecule has 1 N–H and O–H groups in total. The van der Waals surface area contributed by atoms with Crippen molar-refractivity contribution in [1.29, 1.82) is 0 Å². The maximum absolute atomic E-state index is 13.6. The number of hydrogen-bond donors (Lipinski definition) is 1. The van der Waals surface area contributed by atoms with Crippen LogP contribution >= 0.6 is 0 Å². The zero-order valence-electron chi connectivity index (χ0n) is 12.3. The highest BCUT2D eigenvalue weighted by atomic mass is 19.1. The quantitative estimate of drug-likeness (QED) is 0.593. The molecule has 1 unspecified atom stereocenters. The van der Waals surface area contributed by atoms with E-state index in [4.69, 9.17) is 4.74 Å². The van der Waals surface area contributed by atoms with Crippen LogP contribution < -0.4 is 0 Å². The van der Waals surface area contributed by atoms with Crippen molar-refractivity contribution >= 4 is 5.97 Å². The number of esters is 1. The molecule has 0 bridgehead atoms. The van der Waals surface area contributed by atoms with Gasteiger partial charge in [0, 0.05) is 18.3 Å². The normalized spacial score (nSPS) is 35.0. The summed E-state index contributed by atoms with van der Waals surface area (Å²) in [5.41, 5.74) is 0. The fraction of sp³-hybridized carbons (Fsp3) is 0.812. The van der Waals surface area contributed by atoms with Crippen LogP contribution in [0, 0.1) is 17.8 Å². The van der Waals surface area contributed by atoms with Gasteiger partial charge in [-0.1, -0.05) is 26.7 Å². The summed E-state index contributed by atoms with van der Waals surface area (Å²) in [4.78, 5) is 11.3. The van der Waals surface area contributed by atoms with Gasteiger partial charge in [-0.25, -0.2) is 4.39 Å². The van der Waals surface area contributed by atoms with Crippen molar-refractivity contribution in [1.82, 2.24) is 0 Å². The SMILES string of the molecule is CCCCC(F)CC=C(O)[C@@H]1[C@H]2CC(=O)O[C@@H]2C[C@H]1C. The lowest BCUT2D eigenvalue weighted by Gasteiger charge is -2.19. The Labute approximate surface area is 120 Å². The number of alkyl halides is 1. The van der Waals surface area contributed by atoms with E-state index in [2.05, 4.69) is 6.92 Å². The topological polar surface area (TPSA) is 46.5 Å². The van der Waals surface area contributed by atoms with Gasteiger partial charge in [-0.15, -0.1) is 0 Å². The van der Waals surface area contributed by atoms with Gasteiger partial charge in [0.05, 0.1) is 12.2 Å². The van der Waals surface area contributed by atoms with Gasteiger partial charge in [0.25, 0.3) is 0 Å². The van der Waals surface area contributed by atoms with Crippen LogP contribution in [0.25, 0.3) is 0 Å². The zero-order valence-corrected chi connectivity index (χ0v) is 12.3. The fourth-order valence-corrected chi connectivity index (χ4v) is 3.58. The van der Waals surface area contributed by atoms with Crippen molar-refractivity contribution in [3.05, 3.63) is 11.8 Å². The Hall–Kier alpha value is -1.06. The van der Waals surface area contributed by atoms with E-state index in [1.807, 2.05) is 6.92 Å². The van der Waals surface area contributed by atoms with Crippen molar-refractivity contribution in [3.8, 4) is 0 Å². The Kier molecular flexibility index (Phi) is 5.06. The monoisotopic (exact) mass is 284 g/mol. The molecule has 1 saturated carbocycles. The first-order valence-corrected chi connectivity index (χ1v) is 7.75. The van der Waals surface area contributed by atoms with Crippen molar-refractivity contribution in [2.24, 2.45) is 17.8 Å². The maximum Gasteiger partial charge on any atom is 0.306 e. The lowest BCUT2D eigenvalue weighted by Crippen LogP contribution is -2.18. The molecular formula is C16H25FO3. The standard InChI is InChI=1S/C16H25FO3/c1-3-4-5-11(17)6-7-13(18)16-10(2)8-14-12(16)9-15(19)20-14/h7,10-12,14,16,18H,3-6,8-9H2,1-2H3/t10-,11?,12+,14-,16+/m1/s1. The second-order valence-corrected chi connectivity index (χ2v) is 6.24. The summed E-state index contributed by atoms with van der Waals surface area (Å²) in [5, 5.41) is 10.3. The molecular weight excluding hydrogens is 259 g/mol. The highest BCUT2D eigenvalue weighted by molar-refractivity contribution is 5.72. The maximum atomic E-state index is 13.6. The van der Waals surface area contributed by atoms with Crippen molar-refractivity contribution in [2.75, 3.05) is 0 Å². The van der Waals surface area contributed by atoms with Crippen LogP contribution in [0.1, 0.15) is 52.4 Å². The van der Waals surface area contributed by atoms with Crippen LogP contribution in [0.2, 0.25) is 0 Å². The van der Waals surface area contributed by atoms with Gasteiger partial charge < -0.3 is 9.84 Å². The molecule has 2 rings (SSSR count). The van der Waals surface area contributed by atoms with Gasteiger partial charge in [-0.2, -0.15) is 0 Å². The first kappa shape index (κ1) is 15.3. The lowest BCUT2D eigenvalue weighted by molar-refractivity contribution is -0.141. The molecule has 3 nitrogen and oxygen atoms in total.